The summed E-state index contributed by atoms with van der Waals surface area (Å²) in [5.41, 5.74) is 0.626. The molecule has 7 heteroatoms. The zero-order valence-electron chi connectivity index (χ0n) is 13.5. The van der Waals surface area contributed by atoms with E-state index >= 15 is 0 Å². The molecule has 1 aliphatic rings. The lowest BCUT2D eigenvalue weighted by molar-refractivity contribution is -0.122. The first-order chi connectivity index (χ1) is 11.1. The highest BCUT2D eigenvalue weighted by Crippen LogP contribution is 2.26. The topological polar surface area (TPSA) is 89.0 Å². The third-order valence-electron chi connectivity index (χ3n) is 3.68. The van der Waals surface area contributed by atoms with Gasteiger partial charge in [0.05, 0.1) is 33.5 Å². The Balaban J connectivity index is 1.86. The summed E-state index contributed by atoms with van der Waals surface area (Å²) in [6, 6.07) is 5.19. The van der Waals surface area contributed by atoms with Crippen LogP contribution in [0, 0.1) is 0 Å². The molecule has 0 radical (unpaired) electrons. The molecular weight excluding hydrogens is 300 g/mol. The van der Waals surface area contributed by atoms with E-state index in [0.29, 0.717) is 36.7 Å². The minimum absolute atomic E-state index is 0.0257. The molecule has 0 spiro atoms. The minimum atomic E-state index is -0.835. The molecule has 1 heterocycles. The summed E-state index contributed by atoms with van der Waals surface area (Å²) in [6.45, 7) is 2.09. The van der Waals surface area contributed by atoms with Gasteiger partial charge in [-0.25, -0.2) is 0 Å². The predicted octanol–water partition coefficient (Wildman–Crippen LogP) is 0.232. The van der Waals surface area contributed by atoms with Crippen molar-refractivity contribution in [2.75, 3.05) is 40.5 Å². The number of aliphatic hydroxyl groups is 1. The molecule has 0 aromatic heterocycles. The number of morpholine rings is 1. The van der Waals surface area contributed by atoms with E-state index in [9.17, 15) is 9.90 Å². The van der Waals surface area contributed by atoms with Crippen LogP contribution in [-0.4, -0.2) is 57.6 Å². The molecule has 1 aromatic rings. The number of benzene rings is 1. The summed E-state index contributed by atoms with van der Waals surface area (Å²) in [7, 11) is 3.10. The molecule has 1 aliphatic heterocycles. The van der Waals surface area contributed by atoms with Gasteiger partial charge in [-0.15, -0.1) is 0 Å². The molecule has 0 saturated carbocycles. The molecule has 1 aromatic carbocycles. The summed E-state index contributed by atoms with van der Waals surface area (Å²) < 4.78 is 15.7. The van der Waals surface area contributed by atoms with E-state index in [0.717, 1.165) is 6.54 Å². The zero-order chi connectivity index (χ0) is 16.7. The van der Waals surface area contributed by atoms with Crippen molar-refractivity contribution in [1.82, 2.24) is 10.6 Å². The summed E-state index contributed by atoms with van der Waals surface area (Å²) in [5.74, 6) is 1.06. The van der Waals surface area contributed by atoms with Crippen molar-refractivity contribution < 1.29 is 24.1 Å². The quantitative estimate of drug-likeness (QED) is 0.665. The molecule has 1 fully saturated rings. The fourth-order valence-electron chi connectivity index (χ4n) is 2.40. The molecule has 2 atom stereocenters. The van der Waals surface area contributed by atoms with E-state index in [1.54, 1.807) is 32.4 Å². The van der Waals surface area contributed by atoms with Gasteiger partial charge in [0, 0.05) is 31.6 Å². The van der Waals surface area contributed by atoms with E-state index in [1.165, 1.54) is 0 Å². The average molecular weight is 324 g/mol. The Hall–Kier alpha value is -1.83. The second kappa shape index (κ2) is 8.71. The Kier molecular flexibility index (Phi) is 6.64. The first kappa shape index (κ1) is 17.5. The van der Waals surface area contributed by atoms with Crippen LogP contribution in [0.25, 0.3) is 0 Å². The van der Waals surface area contributed by atoms with E-state index in [-0.39, 0.29) is 18.5 Å². The molecule has 128 valence electrons. The van der Waals surface area contributed by atoms with Gasteiger partial charge >= 0.3 is 0 Å². The van der Waals surface area contributed by atoms with Crippen LogP contribution in [0.15, 0.2) is 18.2 Å². The van der Waals surface area contributed by atoms with Crippen LogP contribution < -0.4 is 20.1 Å². The lowest BCUT2D eigenvalue weighted by Gasteiger charge is -2.23. The highest BCUT2D eigenvalue weighted by molar-refractivity contribution is 5.76. The van der Waals surface area contributed by atoms with E-state index in [1.807, 2.05) is 0 Å². The number of amides is 1. The van der Waals surface area contributed by atoms with Crippen LogP contribution in [0.3, 0.4) is 0 Å². The van der Waals surface area contributed by atoms with Gasteiger partial charge < -0.3 is 30.0 Å². The van der Waals surface area contributed by atoms with Crippen molar-refractivity contribution in [2.45, 2.75) is 18.6 Å². The number of carbonyl (C=O) groups is 1. The maximum Gasteiger partial charge on any atom is 0.221 e. The number of methoxy groups -OCH3 is 2. The Bertz CT molecular complexity index is 495. The average Bonchev–Trinajstić information content (AvgIpc) is 2.60. The van der Waals surface area contributed by atoms with Crippen molar-refractivity contribution in [2.24, 2.45) is 0 Å². The number of nitrogens with one attached hydrogen (secondary N) is 2. The van der Waals surface area contributed by atoms with Crippen LogP contribution in [0.4, 0.5) is 0 Å². The van der Waals surface area contributed by atoms with Crippen LogP contribution in [0.5, 0.6) is 11.5 Å². The van der Waals surface area contributed by atoms with Gasteiger partial charge in [0.2, 0.25) is 5.91 Å². The van der Waals surface area contributed by atoms with Gasteiger partial charge in [-0.3, -0.25) is 4.79 Å². The number of carbonyl (C=O) groups excluding carboxylic acids is 1. The maximum absolute atomic E-state index is 11.9. The fourth-order valence-corrected chi connectivity index (χ4v) is 2.40. The largest absolute Gasteiger partial charge is 0.497 e. The van der Waals surface area contributed by atoms with Crippen molar-refractivity contribution in [3.8, 4) is 11.5 Å². The van der Waals surface area contributed by atoms with Crippen molar-refractivity contribution in [3.05, 3.63) is 23.8 Å². The molecule has 0 bridgehead atoms. The number of rotatable bonds is 7. The van der Waals surface area contributed by atoms with E-state index in [2.05, 4.69) is 10.6 Å². The highest BCUT2D eigenvalue weighted by atomic mass is 16.5. The van der Waals surface area contributed by atoms with E-state index < -0.39 is 6.10 Å². The van der Waals surface area contributed by atoms with Gasteiger partial charge in [0.15, 0.2) is 0 Å². The second-order valence-electron chi connectivity index (χ2n) is 5.40. The fraction of sp³-hybridized carbons (Fsp3) is 0.562. The second-order valence-corrected chi connectivity index (χ2v) is 5.40. The number of ether oxygens (including phenoxy) is 3. The molecular formula is C16H24N2O5. The van der Waals surface area contributed by atoms with Crippen LogP contribution in [0.1, 0.15) is 18.1 Å². The summed E-state index contributed by atoms with van der Waals surface area (Å²) in [4.78, 5) is 11.9. The minimum Gasteiger partial charge on any atom is -0.497 e. The summed E-state index contributed by atoms with van der Waals surface area (Å²) in [5, 5.41) is 16.2. The van der Waals surface area contributed by atoms with Gasteiger partial charge in [-0.1, -0.05) is 0 Å². The Morgan fingerprint density at radius 2 is 2.09 bits per heavy atom. The van der Waals surface area contributed by atoms with Crippen LogP contribution in [0.2, 0.25) is 0 Å². The predicted molar refractivity (Wildman–Crippen MR) is 84.7 cm³/mol. The number of aliphatic hydroxyl groups excluding tert-OH is 1. The van der Waals surface area contributed by atoms with Crippen molar-refractivity contribution in [3.63, 3.8) is 0 Å². The SMILES string of the molecule is COc1cc(OC)cc(C(O)CNC(=O)CC2COCCN2)c1. The normalized spacial score (nSPS) is 19.0. The molecule has 7 nitrogen and oxygen atoms in total. The summed E-state index contributed by atoms with van der Waals surface area (Å²) >= 11 is 0. The zero-order valence-corrected chi connectivity index (χ0v) is 13.5. The van der Waals surface area contributed by atoms with Crippen molar-refractivity contribution in [1.29, 1.82) is 0 Å². The van der Waals surface area contributed by atoms with Gasteiger partial charge in [-0.2, -0.15) is 0 Å². The molecule has 2 rings (SSSR count). The Morgan fingerprint density at radius 1 is 1.39 bits per heavy atom. The monoisotopic (exact) mass is 324 g/mol. The Morgan fingerprint density at radius 3 is 2.65 bits per heavy atom. The lowest BCUT2D eigenvalue weighted by atomic mass is 10.1. The Labute approximate surface area is 135 Å². The maximum atomic E-state index is 11.9. The van der Waals surface area contributed by atoms with Crippen LogP contribution in [-0.2, 0) is 9.53 Å². The highest BCUT2D eigenvalue weighted by Gasteiger charge is 2.18. The molecule has 1 amide bonds. The van der Waals surface area contributed by atoms with Gasteiger partial charge in [-0.05, 0) is 17.7 Å². The molecule has 3 N–H and O–H groups in total. The summed E-state index contributed by atoms with van der Waals surface area (Å²) in [6.07, 6.45) is -0.507. The number of hydrogen-bond acceptors (Lipinski definition) is 6. The molecule has 2 unspecified atom stereocenters. The molecule has 23 heavy (non-hydrogen) atoms. The lowest BCUT2D eigenvalue weighted by Crippen LogP contribution is -2.44. The van der Waals surface area contributed by atoms with E-state index in [4.69, 9.17) is 14.2 Å². The number of hydrogen-bond donors (Lipinski definition) is 3. The molecule has 1 saturated heterocycles. The smallest absolute Gasteiger partial charge is 0.221 e. The molecule has 0 aliphatic carbocycles. The first-order valence-electron chi connectivity index (χ1n) is 7.61. The van der Waals surface area contributed by atoms with Crippen LogP contribution >= 0.6 is 0 Å². The standard InChI is InChI=1S/C16H24N2O5/c1-21-13-5-11(6-14(8-13)22-2)15(19)9-18-16(20)7-12-10-23-4-3-17-12/h5-6,8,12,15,17,19H,3-4,7,9-10H2,1-2H3,(H,18,20). The third-order valence-corrected chi connectivity index (χ3v) is 3.68. The third kappa shape index (κ3) is 5.38. The van der Waals surface area contributed by atoms with Gasteiger partial charge in [0.1, 0.15) is 11.5 Å². The van der Waals surface area contributed by atoms with Crippen molar-refractivity contribution >= 4 is 5.91 Å². The first-order valence-corrected chi connectivity index (χ1v) is 7.61. The van der Waals surface area contributed by atoms with Gasteiger partial charge in [0.25, 0.3) is 0 Å².